The Morgan fingerprint density at radius 3 is 1.33 bits per heavy atom. The fourth-order valence-corrected chi connectivity index (χ4v) is 7.20. The van der Waals surface area contributed by atoms with Gasteiger partial charge in [-0.3, -0.25) is 19.2 Å². The molecular weight excluding hydrogens is 682 g/mol. The predicted octanol–water partition coefficient (Wildman–Crippen LogP) is 7.30. The molecule has 0 atom stereocenters. The first-order chi connectivity index (χ1) is 21.5. The number of hydrogen-bond acceptors (Lipinski definition) is 7. The highest BCUT2D eigenvalue weighted by Crippen LogP contribution is 2.44. The summed E-state index contributed by atoms with van der Waals surface area (Å²) in [6, 6.07) is 7.09. The van der Waals surface area contributed by atoms with Gasteiger partial charge in [0.05, 0.1) is 46.1 Å². The minimum Gasteiger partial charge on any atom is -0.469 e. The van der Waals surface area contributed by atoms with Crippen LogP contribution in [-0.2, 0) is 28.7 Å². The lowest BCUT2D eigenvalue weighted by atomic mass is 9.97. The smallest absolute Gasteiger partial charge is 0.308 e. The normalized spacial score (nSPS) is 16.4. The molecule has 0 aliphatic carbocycles. The second-order valence-electron chi connectivity index (χ2n) is 10.6. The SMILES string of the molecule is COC(=O)C1CCN(C(=O)/C=C/c2ccc(Sc3ccc(/C=C/C(=O)N4CCC(C(=O)OC)CC4)c(Cl)c3Cl)c(Cl)c2Cl)CC1. The molecule has 0 spiro atoms. The summed E-state index contributed by atoms with van der Waals surface area (Å²) in [6.07, 6.45) is 8.37. The van der Waals surface area contributed by atoms with E-state index in [2.05, 4.69) is 0 Å². The van der Waals surface area contributed by atoms with Crippen LogP contribution in [0.3, 0.4) is 0 Å². The molecule has 2 heterocycles. The molecule has 0 saturated carbocycles. The minimum absolute atomic E-state index is 0.177. The van der Waals surface area contributed by atoms with Gasteiger partial charge in [-0.15, -0.1) is 0 Å². The number of rotatable bonds is 8. The number of hydrogen-bond donors (Lipinski definition) is 0. The van der Waals surface area contributed by atoms with Gasteiger partial charge in [-0.2, -0.15) is 0 Å². The first kappa shape index (κ1) is 35.2. The van der Waals surface area contributed by atoms with Crippen molar-refractivity contribution in [3.8, 4) is 0 Å². The van der Waals surface area contributed by atoms with Gasteiger partial charge in [0.15, 0.2) is 0 Å². The average molecular weight is 714 g/mol. The second kappa shape index (κ2) is 16.2. The third-order valence-electron chi connectivity index (χ3n) is 7.87. The summed E-state index contributed by atoms with van der Waals surface area (Å²) in [5, 5.41) is 1.16. The van der Waals surface area contributed by atoms with Crippen molar-refractivity contribution in [3.63, 3.8) is 0 Å². The molecule has 2 amide bonds. The van der Waals surface area contributed by atoms with Gasteiger partial charge >= 0.3 is 11.9 Å². The Morgan fingerprint density at radius 1 is 0.644 bits per heavy atom. The van der Waals surface area contributed by atoms with Crippen molar-refractivity contribution in [1.29, 1.82) is 0 Å². The summed E-state index contributed by atoms with van der Waals surface area (Å²) >= 11 is 27.6. The maximum Gasteiger partial charge on any atom is 0.308 e. The van der Waals surface area contributed by atoms with E-state index in [1.807, 2.05) is 0 Å². The summed E-state index contributed by atoms with van der Waals surface area (Å²) in [4.78, 5) is 53.5. The van der Waals surface area contributed by atoms with E-state index in [0.717, 1.165) is 0 Å². The first-order valence-corrected chi connectivity index (χ1v) is 16.6. The molecule has 2 saturated heterocycles. The largest absolute Gasteiger partial charge is 0.469 e. The van der Waals surface area contributed by atoms with Crippen LogP contribution in [0.25, 0.3) is 12.2 Å². The topological polar surface area (TPSA) is 93.2 Å². The van der Waals surface area contributed by atoms with Crippen molar-refractivity contribution in [2.45, 2.75) is 35.5 Å². The molecule has 2 aliphatic rings. The van der Waals surface area contributed by atoms with E-state index in [0.29, 0.717) is 82.8 Å². The number of nitrogens with zero attached hydrogens (tertiary/aromatic N) is 2. The van der Waals surface area contributed by atoms with E-state index in [4.69, 9.17) is 55.9 Å². The Morgan fingerprint density at radius 2 is 1.00 bits per heavy atom. The highest BCUT2D eigenvalue weighted by molar-refractivity contribution is 7.99. The van der Waals surface area contributed by atoms with Crippen molar-refractivity contribution in [1.82, 2.24) is 9.80 Å². The first-order valence-electron chi connectivity index (χ1n) is 14.3. The fourth-order valence-electron chi connectivity index (χ4n) is 5.16. The van der Waals surface area contributed by atoms with Gasteiger partial charge in [-0.1, -0.05) is 70.3 Å². The number of piperidine rings is 2. The lowest BCUT2D eigenvalue weighted by molar-refractivity contribution is -0.148. The number of benzene rings is 2. The maximum absolute atomic E-state index is 12.7. The molecule has 2 aromatic rings. The minimum atomic E-state index is -0.244. The highest BCUT2D eigenvalue weighted by Gasteiger charge is 2.28. The number of likely N-dealkylation sites (tertiary alicyclic amines) is 2. The van der Waals surface area contributed by atoms with Crippen molar-refractivity contribution in [2.24, 2.45) is 11.8 Å². The Labute approximate surface area is 286 Å². The van der Waals surface area contributed by atoms with Crippen LogP contribution in [0.5, 0.6) is 0 Å². The molecule has 0 unspecified atom stereocenters. The third-order valence-corrected chi connectivity index (χ3v) is 11.0. The second-order valence-corrected chi connectivity index (χ2v) is 13.2. The molecular formula is C32H32Cl4N2O6S. The summed E-state index contributed by atoms with van der Waals surface area (Å²) in [5.41, 5.74) is 1.15. The fraction of sp³-hybridized carbons (Fsp3) is 0.375. The number of halogens is 4. The van der Waals surface area contributed by atoms with Crippen LogP contribution in [-0.4, -0.2) is 74.0 Å². The van der Waals surface area contributed by atoms with Crippen LogP contribution >= 0.6 is 58.2 Å². The van der Waals surface area contributed by atoms with Crippen molar-refractivity contribution >= 4 is 94.1 Å². The zero-order valence-corrected chi connectivity index (χ0v) is 28.5. The van der Waals surface area contributed by atoms with Crippen molar-refractivity contribution in [2.75, 3.05) is 40.4 Å². The summed E-state index contributed by atoms with van der Waals surface area (Å²) in [5.74, 6) is -1.21. The van der Waals surface area contributed by atoms with Crippen molar-refractivity contribution < 1.29 is 28.7 Å². The van der Waals surface area contributed by atoms with Gasteiger partial charge in [0.25, 0.3) is 0 Å². The zero-order chi connectivity index (χ0) is 32.7. The molecule has 8 nitrogen and oxygen atoms in total. The van der Waals surface area contributed by atoms with E-state index in [1.54, 1.807) is 46.2 Å². The van der Waals surface area contributed by atoms with Crippen molar-refractivity contribution in [3.05, 3.63) is 67.6 Å². The summed E-state index contributed by atoms with van der Waals surface area (Å²) in [7, 11) is 2.74. The van der Waals surface area contributed by atoms with E-state index in [-0.39, 0.29) is 45.6 Å². The van der Waals surface area contributed by atoms with E-state index < -0.39 is 0 Å². The standard InChI is InChI=1S/C32H32Cl4N2O6S/c1-43-31(41)21-11-15-37(16-12-21)25(39)9-5-19-3-7-23(29(35)27(19)33)45-24-8-4-20(28(34)30(24)36)6-10-26(40)38-17-13-22(14-18-38)32(42)44-2/h3-10,21-22H,11-18H2,1-2H3/b9-5+,10-6+. The molecule has 45 heavy (non-hydrogen) atoms. The Balaban J connectivity index is 1.37. The van der Waals surface area contributed by atoms with E-state index in [1.165, 1.54) is 38.1 Å². The Bertz CT molecular complexity index is 1400. The Kier molecular flexibility index (Phi) is 12.7. The van der Waals surface area contributed by atoms with Crippen LogP contribution in [0.2, 0.25) is 20.1 Å². The zero-order valence-electron chi connectivity index (χ0n) is 24.7. The number of amides is 2. The predicted molar refractivity (Wildman–Crippen MR) is 178 cm³/mol. The third kappa shape index (κ3) is 8.77. The lowest BCUT2D eigenvalue weighted by Gasteiger charge is -2.29. The molecule has 2 aromatic carbocycles. The van der Waals surface area contributed by atoms with Gasteiger partial charge in [-0.05, 0) is 61.1 Å². The van der Waals surface area contributed by atoms with E-state index >= 15 is 0 Å². The van der Waals surface area contributed by atoms with Crippen LogP contribution in [0.4, 0.5) is 0 Å². The monoisotopic (exact) mass is 712 g/mol. The van der Waals surface area contributed by atoms with Gasteiger partial charge in [0, 0.05) is 48.1 Å². The molecule has 0 N–H and O–H groups in total. The lowest BCUT2D eigenvalue weighted by Crippen LogP contribution is -2.39. The molecule has 240 valence electrons. The van der Waals surface area contributed by atoms with E-state index in [9.17, 15) is 19.2 Å². The summed E-state index contributed by atoms with van der Waals surface area (Å²) < 4.78 is 9.60. The van der Waals surface area contributed by atoms with Crippen LogP contribution in [0.1, 0.15) is 36.8 Å². The molecule has 0 bridgehead atoms. The molecule has 4 rings (SSSR count). The van der Waals surface area contributed by atoms with Gasteiger partial charge < -0.3 is 19.3 Å². The number of carbonyl (C=O) groups excluding carboxylic acids is 4. The number of ether oxygens (including phenoxy) is 2. The summed E-state index contributed by atoms with van der Waals surface area (Å²) in [6.45, 7) is 1.88. The van der Waals surface area contributed by atoms with Gasteiger partial charge in [0.1, 0.15) is 0 Å². The Hall–Kier alpha value is -2.69. The molecule has 0 aromatic heterocycles. The molecule has 2 fully saturated rings. The van der Waals surface area contributed by atoms with Gasteiger partial charge in [0.2, 0.25) is 11.8 Å². The molecule has 13 heteroatoms. The van der Waals surface area contributed by atoms with Crippen LogP contribution < -0.4 is 0 Å². The van der Waals surface area contributed by atoms with Gasteiger partial charge in [-0.25, -0.2) is 0 Å². The number of carbonyl (C=O) groups is 4. The highest BCUT2D eigenvalue weighted by atomic mass is 35.5. The molecule has 2 aliphatic heterocycles. The maximum atomic E-state index is 12.7. The molecule has 0 radical (unpaired) electrons. The average Bonchev–Trinajstić information content (AvgIpc) is 3.07. The quantitative estimate of drug-likeness (QED) is 0.209. The van der Waals surface area contributed by atoms with Crippen LogP contribution in [0, 0.1) is 11.8 Å². The van der Waals surface area contributed by atoms with Crippen LogP contribution in [0.15, 0.2) is 46.2 Å². The number of esters is 2. The number of methoxy groups -OCH3 is 2.